The Balaban J connectivity index is 0.000000303. The molecule has 6 aliphatic heterocycles. The zero-order valence-electron chi connectivity index (χ0n) is 73.5. The number of amides is 8. The average Bonchev–Trinajstić information content (AvgIpc) is 1.58. The predicted molar refractivity (Wildman–Crippen MR) is 444 cm³/mol. The zero-order chi connectivity index (χ0) is 85.6. The van der Waals surface area contributed by atoms with Crippen LogP contribution in [0, 0.1) is 59.2 Å². The van der Waals surface area contributed by atoms with Gasteiger partial charge in [0.15, 0.2) is 15.6 Å². The van der Waals surface area contributed by atoms with Gasteiger partial charge in [0.05, 0.1) is 17.1 Å². The van der Waals surface area contributed by atoms with Gasteiger partial charge in [0.2, 0.25) is 45.5 Å². The smallest absolute Gasteiger partial charge is 0.870 e. The molecule has 0 aromatic heterocycles. The molecule has 0 spiro atoms. The summed E-state index contributed by atoms with van der Waals surface area (Å²) in [5.41, 5.74) is -4.99. The Morgan fingerprint density at radius 2 is 0.866 bits per heavy atom. The van der Waals surface area contributed by atoms with E-state index in [1.165, 1.54) is 0 Å². The first-order chi connectivity index (χ1) is 54.3. The minimum absolute atomic E-state index is 0. The number of hydrogen-bond acceptors (Lipinski definition) is 20. The van der Waals surface area contributed by atoms with Crippen LogP contribution in [0.4, 0.5) is 9.59 Å². The fourth-order valence-corrected chi connectivity index (χ4v) is 20.1. The van der Waals surface area contributed by atoms with Gasteiger partial charge in [-0.3, -0.25) is 33.6 Å². The molecule has 119 heavy (non-hydrogen) atoms. The molecule has 0 unspecified atom stereocenters. The molecule has 5 saturated carbocycles. The number of Topliss-reactive ketones (excluding diaryl/α,β-unsaturated/α-hetero) is 1. The molecule has 33 heteroatoms. The summed E-state index contributed by atoms with van der Waals surface area (Å²) in [6.45, 7) is 28.8. The van der Waals surface area contributed by atoms with Crippen LogP contribution in [0.3, 0.4) is 0 Å². The number of carbonyl (C=O) groups is 11. The van der Waals surface area contributed by atoms with Crippen LogP contribution < -0.4 is 50.6 Å². The number of nitrogens with zero attached hydrogens (tertiary/aromatic N) is 3. The summed E-state index contributed by atoms with van der Waals surface area (Å²) >= 11 is 0. The van der Waals surface area contributed by atoms with Gasteiger partial charge in [-0.2, -0.15) is 0 Å². The van der Waals surface area contributed by atoms with Crippen LogP contribution in [-0.2, 0) is 77.2 Å². The maximum Gasteiger partial charge on any atom is 1.00 e. The second-order valence-electron chi connectivity index (χ2n) is 38.3. The van der Waals surface area contributed by atoms with E-state index in [1.807, 2.05) is 31.2 Å². The van der Waals surface area contributed by atoms with Gasteiger partial charge in [0, 0.05) is 43.3 Å². The predicted octanol–water partition coefficient (Wildman–Crippen LogP) is 7.24. The summed E-state index contributed by atoms with van der Waals surface area (Å²) in [5.74, 6) is -2.91. The topological polar surface area (TPSA) is 460 Å². The number of sulfonamides is 1. The maximum atomic E-state index is 14.0. The van der Waals surface area contributed by atoms with Crippen molar-refractivity contribution < 1.29 is 119 Å². The molecule has 8 amide bonds. The third-order valence-corrected chi connectivity index (χ3v) is 27.6. The van der Waals surface area contributed by atoms with Crippen LogP contribution >= 0.6 is 0 Å². The molecule has 0 bridgehead atoms. The van der Waals surface area contributed by atoms with Gasteiger partial charge < -0.3 is 71.6 Å². The summed E-state index contributed by atoms with van der Waals surface area (Å²) in [4.78, 5) is 151. The Bertz CT molecular complexity index is 3840. The number of ether oxygens (including phenoxy) is 3. The number of carboxylic acids is 1. The molecule has 30 nitrogen and oxygen atoms in total. The van der Waals surface area contributed by atoms with Crippen molar-refractivity contribution in [2.75, 3.05) is 32.0 Å². The SMILES string of the molecule is CC(C)C[C@@H]1C[C@H]2C(=O)N[C@]3(C(=O)CS(=O)(=O)C4CC4)C[C@H]3/C=C\CCCCC[C@H](NC(=O)OC(C)(C)C)C(=O)N2C1.CC(C)C[C@@H]1C[C@H]2C(=O)N[C@]3(C(=O)O)C[C@H]3/C=C\CCCCC[C@H](NC(=O)OC(C)(C)C)C(=O)N2C1.CCOC(=O)[C@@]12C[C@H]1/C=C\CCCCC[C@H](C)C(=O)N1C[C@H](CC(C)C)C[C@H]1C(=O)N2.NS(=O)(=O)C1CC1.[Li+].[OH-].[OH-]. The molecule has 0 aromatic rings. The number of aliphatic carboxylic acids is 1. The summed E-state index contributed by atoms with van der Waals surface area (Å²) in [6.07, 6.45) is 31.3. The normalized spacial score (nSPS) is 31.6. The number of carbonyl (C=O) groups excluding carboxylic acids is 10. The number of rotatable bonds is 16. The largest absolute Gasteiger partial charge is 1.00 e. The van der Waals surface area contributed by atoms with Crippen molar-refractivity contribution >= 4 is 85.2 Å². The number of ketones is 1. The van der Waals surface area contributed by atoms with Crippen molar-refractivity contribution in [3.05, 3.63) is 36.5 Å². The Kier molecular flexibility index (Phi) is 38.3. The number of primary sulfonamides is 1. The fourth-order valence-electron chi connectivity index (χ4n) is 17.6. The van der Waals surface area contributed by atoms with E-state index in [0.717, 1.165) is 109 Å². The van der Waals surface area contributed by atoms with Crippen molar-refractivity contribution in [1.82, 2.24) is 41.3 Å². The van der Waals surface area contributed by atoms with E-state index in [4.69, 9.17) is 19.3 Å². The second-order valence-corrected chi connectivity index (χ2v) is 42.4. The van der Waals surface area contributed by atoms with Gasteiger partial charge in [0.25, 0.3) is 0 Å². The Hall–Kier alpha value is -6.43. The zero-order valence-corrected chi connectivity index (χ0v) is 75.2. The number of fused-ring (bicyclic) bond motifs is 6. The van der Waals surface area contributed by atoms with E-state index in [2.05, 4.69) is 80.3 Å². The van der Waals surface area contributed by atoms with Crippen molar-refractivity contribution in [3.63, 3.8) is 0 Å². The van der Waals surface area contributed by atoms with Gasteiger partial charge in [0.1, 0.15) is 63.8 Å². The molecule has 0 radical (unpaired) electrons. The first-order valence-electron chi connectivity index (χ1n) is 43.4. The molecule has 11 aliphatic rings. The first-order valence-corrected chi connectivity index (χ1v) is 46.7. The first kappa shape index (κ1) is 103. The van der Waals surface area contributed by atoms with Crippen LogP contribution in [0.15, 0.2) is 36.5 Å². The van der Waals surface area contributed by atoms with Crippen LogP contribution in [0.25, 0.3) is 0 Å². The van der Waals surface area contributed by atoms with Crippen molar-refractivity contribution in [2.24, 2.45) is 64.3 Å². The molecule has 11 rings (SSSR count). The Morgan fingerprint density at radius 3 is 1.22 bits per heavy atom. The number of sulfone groups is 1. The number of nitrogens with two attached hydrogens (primary N) is 1. The van der Waals surface area contributed by atoms with Gasteiger partial charge in [-0.15, -0.1) is 0 Å². The maximum absolute atomic E-state index is 14.0. The second kappa shape index (κ2) is 44.2. The molecule has 3 saturated heterocycles. The van der Waals surface area contributed by atoms with E-state index >= 15 is 0 Å². The monoisotopic (exact) mass is 1710 g/mol. The number of hydrogen-bond donors (Lipinski definition) is 7. The van der Waals surface area contributed by atoms with E-state index in [1.54, 1.807) is 63.2 Å². The third-order valence-electron chi connectivity index (χ3n) is 24.0. The van der Waals surface area contributed by atoms with Gasteiger partial charge in [-0.05, 0) is 225 Å². The summed E-state index contributed by atoms with van der Waals surface area (Å²) in [7, 11) is -6.68. The van der Waals surface area contributed by atoms with E-state index in [9.17, 15) is 74.7 Å². The molecular formula is C86H141LiN9O21S2-. The summed E-state index contributed by atoms with van der Waals surface area (Å²) in [6, 6.07) is -3.74. The number of alkyl carbamates (subject to hydrolysis) is 2. The molecule has 670 valence electrons. The Labute approximate surface area is 719 Å². The van der Waals surface area contributed by atoms with Crippen LogP contribution in [0.1, 0.15) is 277 Å². The van der Waals surface area contributed by atoms with Crippen molar-refractivity contribution in [3.8, 4) is 0 Å². The van der Waals surface area contributed by atoms with Gasteiger partial charge in [-0.1, -0.05) is 123 Å². The Morgan fingerprint density at radius 1 is 0.521 bits per heavy atom. The fraction of sp³-hybridized carbons (Fsp3) is 0.802. The quantitative estimate of drug-likeness (QED) is 0.0346. The van der Waals surface area contributed by atoms with Gasteiger partial charge >= 0.3 is 43.0 Å². The molecule has 6 heterocycles. The van der Waals surface area contributed by atoms with Crippen LogP contribution in [-0.4, -0.2) is 213 Å². The number of carboxylic acid groups (broad SMARTS) is 1. The molecule has 5 aliphatic carbocycles. The van der Waals surface area contributed by atoms with Crippen LogP contribution in [0.5, 0.6) is 0 Å². The molecule has 8 fully saturated rings. The summed E-state index contributed by atoms with van der Waals surface area (Å²) < 4.78 is 62.0. The third kappa shape index (κ3) is 29.9. The number of nitrogens with one attached hydrogen (secondary N) is 5. The summed E-state index contributed by atoms with van der Waals surface area (Å²) in [5, 5.41) is 28.3. The van der Waals surface area contributed by atoms with Crippen molar-refractivity contribution in [1.29, 1.82) is 0 Å². The van der Waals surface area contributed by atoms with E-state index in [0.29, 0.717) is 114 Å². The number of allylic oxidation sites excluding steroid dienone is 3. The van der Waals surface area contributed by atoms with E-state index < -0.39 is 125 Å². The molecule has 10 N–H and O–H groups in total. The molecule has 15 atom stereocenters. The minimum Gasteiger partial charge on any atom is -0.870 e. The molecule has 0 aromatic carbocycles. The van der Waals surface area contributed by atoms with E-state index in [-0.39, 0.29) is 107 Å². The minimum atomic E-state index is -3.55. The molecular weight excluding hydrogens is 1570 g/mol. The van der Waals surface area contributed by atoms with Crippen molar-refractivity contribution in [2.45, 2.75) is 345 Å². The van der Waals surface area contributed by atoms with Crippen LogP contribution in [0.2, 0.25) is 0 Å². The van der Waals surface area contributed by atoms with Gasteiger partial charge in [-0.25, -0.2) is 41.2 Å². The average molecular weight is 1710 g/mol. The number of esters is 1. The standard InChI is InChI=1S/C31H49N3O7S.C27H43N3O6.C25H40N2O4.C3H7NO2S.Li.2H2O/c1-20(2)15-21-16-25-27(36)33-31(26(35)19-42(39,40)23-13-14-23)17-22(31)11-9-7-6-8-10-12-24(28(37)34(25)18-21)32-29(38)41-30(3,4)5;1-17(2)13-18-14-21-22(31)29-27(24(33)34)15-19(27)11-9-7-6-8-10-12-20(23(32)30(21)16-18)28-25(35)36-26(3,4)5;1-5-31-24(30)25-15-20(25)12-10-8-6-7-9-11-18(4)23(29)27-16-19(13-17(2)3)14-21(27)22(28)26-25;4-7(5,6)3-1-2-3;;;/h9,11,20-25H,6-8,10,12-19H2,1-5H3,(H,32,38)(H,33,36);9,11,17-21H,6-8,10,12-16H2,1-5H3,(H,28,35)(H,29,31)(H,33,34);10,12,17-21H,5-9,11,13-16H2,1-4H3,(H,26,28);3H,1-2H2,(H2,4,5,6);;2*1H2/q;;;;+1;;/p-2/b2*11-9-;12-10-;;;;/t21-,22-,24+,25+,31-;18-,19-,20+,21+,27-;18-,19+,20+,21-,25+;;;;/m110..../s1.